The van der Waals surface area contributed by atoms with Gasteiger partial charge in [0.05, 0.1) is 11.4 Å². The molecule has 1 aliphatic carbocycles. The number of nitrogens with two attached hydrogens (primary N) is 1. The molecule has 0 radical (unpaired) electrons. The van der Waals surface area contributed by atoms with Crippen molar-refractivity contribution in [3.8, 4) is 5.69 Å². The maximum absolute atomic E-state index is 14.8. The summed E-state index contributed by atoms with van der Waals surface area (Å²) in [6, 6.07) is 10.1. The van der Waals surface area contributed by atoms with Crippen LogP contribution in [0.4, 0.5) is 28.0 Å². The standard InChI is InChI=1S/C31H33F4N5O4/c1-29(2,3)44-28(43)37-17-18-6-5-7-21(14-18)40-24(16-25(39-40)31(33,34)35)27(42)38-23-15-20(8-9-22(23)32)26(41)19-10-12-30(4,36)13-11-19/h5-12,14-16,26,41H,13,17,36H2,1-4H3,(H,37,43)(H,38,42). The van der Waals surface area contributed by atoms with E-state index in [2.05, 4.69) is 15.7 Å². The van der Waals surface area contributed by atoms with Crippen molar-refractivity contribution in [2.45, 2.75) is 64.1 Å². The number of hydrogen-bond acceptors (Lipinski definition) is 6. The molecule has 2 atom stereocenters. The second kappa shape index (κ2) is 12.2. The summed E-state index contributed by atoms with van der Waals surface area (Å²) >= 11 is 0. The molecule has 2 amide bonds. The predicted molar refractivity (Wildman–Crippen MR) is 155 cm³/mol. The molecule has 1 aliphatic rings. The van der Waals surface area contributed by atoms with Crippen LogP contribution in [-0.4, -0.2) is 38.0 Å². The summed E-state index contributed by atoms with van der Waals surface area (Å²) in [5.41, 5.74) is 3.87. The third-order valence-corrected chi connectivity index (χ3v) is 6.53. The quantitative estimate of drug-likeness (QED) is 0.243. The Morgan fingerprint density at radius 3 is 2.52 bits per heavy atom. The topological polar surface area (TPSA) is 131 Å². The lowest BCUT2D eigenvalue weighted by atomic mass is 9.88. The first-order valence-electron chi connectivity index (χ1n) is 13.6. The molecule has 44 heavy (non-hydrogen) atoms. The van der Waals surface area contributed by atoms with E-state index in [-0.39, 0.29) is 23.5 Å². The van der Waals surface area contributed by atoms with Crippen molar-refractivity contribution in [2.75, 3.05) is 5.32 Å². The summed E-state index contributed by atoms with van der Waals surface area (Å²) in [6.45, 7) is 6.89. The van der Waals surface area contributed by atoms with E-state index in [0.717, 1.165) is 10.7 Å². The number of nitrogens with zero attached hydrogens (tertiary/aromatic N) is 2. The Labute approximate surface area is 251 Å². The van der Waals surface area contributed by atoms with E-state index < -0.39 is 52.6 Å². The number of carbonyl (C=O) groups is 2. The summed E-state index contributed by atoms with van der Waals surface area (Å²) in [7, 11) is 0. The Morgan fingerprint density at radius 1 is 1.16 bits per heavy atom. The van der Waals surface area contributed by atoms with Crippen molar-refractivity contribution >= 4 is 17.7 Å². The van der Waals surface area contributed by atoms with E-state index in [9.17, 15) is 32.3 Å². The number of benzene rings is 2. The second-order valence-corrected chi connectivity index (χ2v) is 11.7. The van der Waals surface area contributed by atoms with Gasteiger partial charge in [-0.1, -0.05) is 36.4 Å². The van der Waals surface area contributed by atoms with Gasteiger partial charge in [0.15, 0.2) is 5.69 Å². The minimum atomic E-state index is -4.88. The van der Waals surface area contributed by atoms with E-state index in [4.69, 9.17) is 10.5 Å². The van der Waals surface area contributed by atoms with Crippen molar-refractivity contribution in [3.63, 3.8) is 0 Å². The number of alkyl carbamates (subject to hydrolysis) is 1. The van der Waals surface area contributed by atoms with Crippen molar-refractivity contribution in [3.05, 3.63) is 101 Å². The first kappa shape index (κ1) is 32.4. The Kier molecular flexibility index (Phi) is 9.03. The molecule has 13 heteroatoms. The van der Waals surface area contributed by atoms with Crippen LogP contribution in [0, 0.1) is 5.82 Å². The molecule has 0 aliphatic heterocycles. The SMILES string of the molecule is CC1(N)C=CC(C(O)c2ccc(F)c(NC(=O)c3cc(C(F)(F)F)nn3-c3cccc(CNC(=O)OC(C)(C)C)c3)c2)=CC1. The molecule has 1 heterocycles. The molecule has 0 saturated heterocycles. The van der Waals surface area contributed by atoms with Gasteiger partial charge in [-0.25, -0.2) is 13.9 Å². The number of anilines is 1. The van der Waals surface area contributed by atoms with Crippen molar-refractivity contribution in [2.24, 2.45) is 5.73 Å². The van der Waals surface area contributed by atoms with Gasteiger partial charge in [-0.05, 0) is 75.1 Å². The highest BCUT2D eigenvalue weighted by Crippen LogP contribution is 2.32. The lowest BCUT2D eigenvalue weighted by molar-refractivity contribution is -0.141. The fourth-order valence-corrected chi connectivity index (χ4v) is 4.32. The lowest BCUT2D eigenvalue weighted by Gasteiger charge is -2.25. The molecule has 2 aromatic carbocycles. The maximum Gasteiger partial charge on any atom is 0.435 e. The molecule has 0 spiro atoms. The molecule has 9 nitrogen and oxygen atoms in total. The first-order chi connectivity index (χ1) is 20.4. The third-order valence-electron chi connectivity index (χ3n) is 6.53. The van der Waals surface area contributed by atoms with E-state index in [1.165, 1.54) is 30.3 Å². The molecule has 2 unspecified atom stereocenters. The summed E-state index contributed by atoms with van der Waals surface area (Å²) in [5.74, 6) is -1.94. The number of nitrogens with one attached hydrogen (secondary N) is 2. The Morgan fingerprint density at radius 2 is 1.89 bits per heavy atom. The number of aliphatic hydroxyl groups is 1. The molecule has 4 rings (SSSR count). The predicted octanol–water partition coefficient (Wildman–Crippen LogP) is 5.94. The average Bonchev–Trinajstić information content (AvgIpc) is 3.39. The number of aromatic nitrogens is 2. The minimum Gasteiger partial charge on any atom is -0.444 e. The van der Waals surface area contributed by atoms with Gasteiger partial charge in [-0.15, -0.1) is 0 Å². The van der Waals surface area contributed by atoms with Crippen LogP contribution in [0.15, 0.2) is 72.3 Å². The number of amides is 2. The van der Waals surface area contributed by atoms with Crippen molar-refractivity contribution in [1.82, 2.24) is 15.1 Å². The zero-order valence-corrected chi connectivity index (χ0v) is 24.5. The van der Waals surface area contributed by atoms with Gasteiger partial charge in [0.2, 0.25) is 0 Å². The Balaban J connectivity index is 1.61. The molecule has 0 fully saturated rings. The molecule has 3 aromatic rings. The molecular weight excluding hydrogens is 582 g/mol. The molecule has 0 saturated carbocycles. The summed E-state index contributed by atoms with van der Waals surface area (Å²) < 4.78 is 61.8. The number of carbonyl (C=O) groups excluding carboxylic acids is 2. The zero-order chi connectivity index (χ0) is 32.4. The van der Waals surface area contributed by atoms with Crippen LogP contribution >= 0.6 is 0 Å². The summed E-state index contributed by atoms with van der Waals surface area (Å²) in [4.78, 5) is 25.3. The highest BCUT2D eigenvalue weighted by molar-refractivity contribution is 6.03. The first-order valence-corrected chi connectivity index (χ1v) is 13.6. The van der Waals surface area contributed by atoms with Crippen LogP contribution in [0.3, 0.4) is 0 Å². The summed E-state index contributed by atoms with van der Waals surface area (Å²) in [5, 5.41) is 19.3. The fourth-order valence-electron chi connectivity index (χ4n) is 4.32. The van der Waals surface area contributed by atoms with Crippen molar-refractivity contribution < 1.29 is 37.0 Å². The molecule has 1 aromatic heterocycles. The number of halogens is 4. The van der Waals surface area contributed by atoms with Crippen LogP contribution in [-0.2, 0) is 17.5 Å². The van der Waals surface area contributed by atoms with E-state index in [0.29, 0.717) is 23.6 Å². The van der Waals surface area contributed by atoms with Crippen LogP contribution in [0.25, 0.3) is 5.69 Å². The lowest BCUT2D eigenvalue weighted by Crippen LogP contribution is -2.34. The fraction of sp³-hybridized carbons (Fsp3) is 0.323. The number of aliphatic hydroxyl groups excluding tert-OH is 1. The molecule has 0 bridgehead atoms. The molecular formula is C31H33F4N5O4. The van der Waals surface area contributed by atoms with Crippen LogP contribution < -0.4 is 16.4 Å². The highest BCUT2D eigenvalue weighted by atomic mass is 19.4. The van der Waals surface area contributed by atoms with E-state index >= 15 is 0 Å². The third kappa shape index (κ3) is 8.11. The largest absolute Gasteiger partial charge is 0.444 e. The van der Waals surface area contributed by atoms with Gasteiger partial charge < -0.3 is 26.2 Å². The number of hydrogen-bond donors (Lipinski definition) is 4. The van der Waals surface area contributed by atoms with E-state index in [1.54, 1.807) is 45.1 Å². The zero-order valence-electron chi connectivity index (χ0n) is 24.5. The molecule has 234 valence electrons. The number of alkyl halides is 3. The molecule has 5 N–H and O–H groups in total. The van der Waals surface area contributed by atoms with Gasteiger partial charge >= 0.3 is 12.3 Å². The maximum atomic E-state index is 14.8. The van der Waals surface area contributed by atoms with Crippen LogP contribution in [0.5, 0.6) is 0 Å². The van der Waals surface area contributed by atoms with Gasteiger partial charge in [-0.3, -0.25) is 4.79 Å². The Bertz CT molecular complexity index is 1620. The van der Waals surface area contributed by atoms with Gasteiger partial charge in [0.25, 0.3) is 5.91 Å². The second-order valence-electron chi connectivity index (χ2n) is 11.7. The minimum absolute atomic E-state index is 0.0197. The number of ether oxygens (including phenoxy) is 1. The van der Waals surface area contributed by atoms with Gasteiger partial charge in [-0.2, -0.15) is 18.3 Å². The van der Waals surface area contributed by atoms with E-state index in [1.807, 2.05) is 6.92 Å². The Hall–Kier alpha value is -4.49. The van der Waals surface area contributed by atoms with Gasteiger partial charge in [0.1, 0.15) is 23.2 Å². The summed E-state index contributed by atoms with van der Waals surface area (Å²) in [6.07, 6.45) is -1.14. The van der Waals surface area contributed by atoms with Crippen LogP contribution in [0.1, 0.15) is 67.5 Å². The van der Waals surface area contributed by atoms with Crippen LogP contribution in [0.2, 0.25) is 0 Å². The average molecular weight is 616 g/mol. The van der Waals surface area contributed by atoms with Crippen molar-refractivity contribution in [1.29, 1.82) is 0 Å². The normalized spacial score (nSPS) is 17.5. The van der Waals surface area contributed by atoms with Gasteiger partial charge in [0, 0.05) is 18.2 Å². The number of rotatable bonds is 7. The highest BCUT2D eigenvalue weighted by Gasteiger charge is 2.36. The smallest absolute Gasteiger partial charge is 0.435 e. The monoisotopic (exact) mass is 615 g/mol.